The lowest BCUT2D eigenvalue weighted by Crippen LogP contribution is -2.29. The molecule has 1 amide bonds. The van der Waals surface area contributed by atoms with Crippen LogP contribution in [0.1, 0.15) is 52.1 Å². The molecular formula is C31H25Cl2N3O3. The molecule has 1 atom stereocenters. The number of aromatic nitrogens is 2. The fourth-order valence-corrected chi connectivity index (χ4v) is 5.29. The zero-order chi connectivity index (χ0) is 27.5. The molecule has 8 heteroatoms. The number of aromatic amines is 1. The van der Waals surface area contributed by atoms with Crippen LogP contribution in [0.2, 0.25) is 10.0 Å². The van der Waals surface area contributed by atoms with Crippen molar-refractivity contribution in [2.75, 3.05) is 0 Å². The number of aromatic carboxylic acids is 1. The van der Waals surface area contributed by atoms with E-state index in [1.165, 1.54) is 6.07 Å². The Bertz CT molecular complexity index is 1660. The second-order valence-electron chi connectivity index (χ2n) is 9.17. The van der Waals surface area contributed by atoms with Gasteiger partial charge in [0.1, 0.15) is 5.82 Å². The Morgan fingerprint density at radius 3 is 2.41 bits per heavy atom. The van der Waals surface area contributed by atoms with Crippen LogP contribution >= 0.6 is 23.2 Å². The summed E-state index contributed by atoms with van der Waals surface area (Å²) in [6, 6.07) is 24.6. The number of carboxylic acid groups (broad SMARTS) is 1. The highest BCUT2D eigenvalue weighted by molar-refractivity contribution is 6.34. The van der Waals surface area contributed by atoms with Gasteiger partial charge in [-0.3, -0.25) is 4.79 Å². The third kappa shape index (κ3) is 5.39. The van der Waals surface area contributed by atoms with E-state index in [0.29, 0.717) is 39.0 Å². The van der Waals surface area contributed by atoms with Crippen molar-refractivity contribution in [2.45, 2.75) is 25.8 Å². The zero-order valence-electron chi connectivity index (χ0n) is 21.0. The number of H-pyrrole nitrogens is 1. The first-order chi connectivity index (χ1) is 18.9. The van der Waals surface area contributed by atoms with Gasteiger partial charge in [-0.1, -0.05) is 85.1 Å². The quantitative estimate of drug-likeness (QED) is 0.179. The summed E-state index contributed by atoms with van der Waals surface area (Å²) in [4.78, 5) is 33.7. The van der Waals surface area contributed by atoms with E-state index in [0.717, 1.165) is 23.0 Å². The van der Waals surface area contributed by atoms with Gasteiger partial charge in [0, 0.05) is 26.7 Å². The number of para-hydroxylation sites is 2. The largest absolute Gasteiger partial charge is 0.478 e. The molecule has 0 aliphatic heterocycles. The molecule has 0 fully saturated rings. The number of rotatable bonds is 8. The number of halogens is 2. The molecule has 0 bridgehead atoms. The maximum atomic E-state index is 13.3. The van der Waals surface area contributed by atoms with Crippen LogP contribution in [0, 0.1) is 0 Å². The third-order valence-corrected chi connectivity index (χ3v) is 7.26. The number of hydrogen-bond donors (Lipinski definition) is 3. The highest BCUT2D eigenvalue weighted by atomic mass is 35.5. The summed E-state index contributed by atoms with van der Waals surface area (Å²) in [6.07, 6.45) is 1.51. The highest BCUT2D eigenvalue weighted by Crippen LogP contribution is 2.39. The predicted octanol–water partition coefficient (Wildman–Crippen LogP) is 8.17. The molecule has 3 N–H and O–H groups in total. The van der Waals surface area contributed by atoms with Gasteiger partial charge in [0.15, 0.2) is 0 Å². The zero-order valence-corrected chi connectivity index (χ0v) is 22.6. The van der Waals surface area contributed by atoms with Crippen LogP contribution < -0.4 is 5.32 Å². The molecule has 1 aromatic heterocycles. The molecule has 6 nitrogen and oxygen atoms in total. The van der Waals surface area contributed by atoms with Crippen molar-refractivity contribution in [3.63, 3.8) is 0 Å². The van der Waals surface area contributed by atoms with Gasteiger partial charge < -0.3 is 15.4 Å². The Hall–Kier alpha value is -4.13. The van der Waals surface area contributed by atoms with Crippen molar-refractivity contribution in [1.29, 1.82) is 0 Å². The Balaban J connectivity index is 1.55. The van der Waals surface area contributed by atoms with E-state index in [1.54, 1.807) is 30.3 Å². The molecule has 196 valence electrons. The summed E-state index contributed by atoms with van der Waals surface area (Å²) in [5.41, 5.74) is 4.18. The second-order valence-corrected chi connectivity index (χ2v) is 9.98. The Kier molecular flexibility index (Phi) is 7.68. The van der Waals surface area contributed by atoms with Crippen molar-refractivity contribution < 1.29 is 14.7 Å². The molecule has 0 saturated carbocycles. The number of fused-ring (bicyclic) bond motifs is 1. The van der Waals surface area contributed by atoms with Crippen molar-refractivity contribution in [2.24, 2.45) is 0 Å². The minimum atomic E-state index is -1.17. The van der Waals surface area contributed by atoms with Gasteiger partial charge in [0.2, 0.25) is 0 Å². The van der Waals surface area contributed by atoms with Crippen molar-refractivity contribution in [1.82, 2.24) is 15.3 Å². The molecule has 0 aliphatic rings. The molecule has 5 aromatic rings. The molecule has 5 rings (SSSR count). The van der Waals surface area contributed by atoms with E-state index in [2.05, 4.69) is 15.3 Å². The van der Waals surface area contributed by atoms with Crippen LogP contribution in [0.15, 0.2) is 84.9 Å². The van der Waals surface area contributed by atoms with E-state index in [4.69, 9.17) is 23.2 Å². The van der Waals surface area contributed by atoms with E-state index >= 15 is 0 Å². The van der Waals surface area contributed by atoms with E-state index < -0.39 is 5.97 Å². The predicted molar refractivity (Wildman–Crippen MR) is 156 cm³/mol. The smallest absolute Gasteiger partial charge is 0.336 e. The Labute approximate surface area is 235 Å². The van der Waals surface area contributed by atoms with Crippen LogP contribution in [-0.2, 0) is 0 Å². The Morgan fingerprint density at radius 2 is 1.67 bits per heavy atom. The van der Waals surface area contributed by atoms with Gasteiger partial charge in [-0.25, -0.2) is 9.78 Å². The fourth-order valence-electron chi connectivity index (χ4n) is 4.75. The molecule has 4 aromatic carbocycles. The minimum absolute atomic E-state index is 0.0436. The summed E-state index contributed by atoms with van der Waals surface area (Å²) in [7, 11) is 0. The SMILES string of the molecule is CCC[C@H](NC(=O)c1ccc(-c2c(Cl)cccc2-c2nc3ccccc3[nH]2)c(C(=O)O)c1)c1ccccc1Cl. The van der Waals surface area contributed by atoms with Crippen molar-refractivity contribution in [3.05, 3.63) is 112 Å². The van der Waals surface area contributed by atoms with Crippen molar-refractivity contribution >= 4 is 46.1 Å². The van der Waals surface area contributed by atoms with Gasteiger partial charge in [0.05, 0.1) is 22.6 Å². The molecule has 0 spiro atoms. The van der Waals surface area contributed by atoms with Gasteiger partial charge in [-0.2, -0.15) is 0 Å². The van der Waals surface area contributed by atoms with Crippen molar-refractivity contribution in [3.8, 4) is 22.5 Å². The molecule has 0 aliphatic carbocycles. The fraction of sp³-hybridized carbons (Fsp3) is 0.129. The molecule has 1 heterocycles. The highest BCUT2D eigenvalue weighted by Gasteiger charge is 2.23. The lowest BCUT2D eigenvalue weighted by atomic mass is 9.93. The number of hydrogen-bond acceptors (Lipinski definition) is 3. The standard InChI is InChI=1S/C31H25Cl2N3O3/c1-2-8-25(20-9-3-4-11-23(20)32)36-30(37)18-15-16-19(22(17-18)31(38)39)28-21(10-7-12-24(28)33)29-34-26-13-5-6-14-27(26)35-29/h3-7,9-17,25H,2,8H2,1H3,(H,34,35)(H,36,37)(H,38,39)/t25-/m0/s1. The number of benzene rings is 4. The number of amides is 1. The molecular weight excluding hydrogens is 533 g/mol. The number of carbonyl (C=O) groups excluding carboxylic acids is 1. The average Bonchev–Trinajstić information content (AvgIpc) is 3.37. The lowest BCUT2D eigenvalue weighted by molar-refractivity contribution is 0.0697. The van der Waals surface area contributed by atoms with E-state index in [1.807, 2.05) is 55.5 Å². The molecule has 0 saturated heterocycles. The number of carboxylic acids is 1. The summed E-state index contributed by atoms with van der Waals surface area (Å²) in [5, 5.41) is 14.1. The summed E-state index contributed by atoms with van der Waals surface area (Å²) >= 11 is 13.0. The van der Waals surface area contributed by atoms with Gasteiger partial charge in [-0.05, 0) is 53.9 Å². The minimum Gasteiger partial charge on any atom is -0.478 e. The normalized spacial score (nSPS) is 11.9. The first kappa shape index (κ1) is 26.5. The van der Waals surface area contributed by atoms with Crippen LogP contribution in [0.25, 0.3) is 33.5 Å². The molecule has 0 unspecified atom stereocenters. The number of carbonyl (C=O) groups is 2. The first-order valence-corrected chi connectivity index (χ1v) is 13.3. The van der Waals surface area contributed by atoms with Crippen LogP contribution in [0.5, 0.6) is 0 Å². The third-order valence-electron chi connectivity index (χ3n) is 6.60. The summed E-state index contributed by atoms with van der Waals surface area (Å²) in [6.45, 7) is 2.02. The molecule has 0 radical (unpaired) electrons. The summed E-state index contributed by atoms with van der Waals surface area (Å²) < 4.78 is 0. The van der Waals surface area contributed by atoms with Crippen LogP contribution in [0.3, 0.4) is 0 Å². The van der Waals surface area contributed by atoms with Gasteiger partial charge >= 0.3 is 5.97 Å². The lowest BCUT2D eigenvalue weighted by Gasteiger charge is -2.20. The topological polar surface area (TPSA) is 95.1 Å². The summed E-state index contributed by atoms with van der Waals surface area (Å²) in [5.74, 6) is -1.00. The van der Waals surface area contributed by atoms with E-state index in [9.17, 15) is 14.7 Å². The second kappa shape index (κ2) is 11.3. The van der Waals surface area contributed by atoms with E-state index in [-0.39, 0.29) is 23.1 Å². The van der Waals surface area contributed by atoms with Gasteiger partial charge in [-0.15, -0.1) is 0 Å². The first-order valence-electron chi connectivity index (χ1n) is 12.5. The van der Waals surface area contributed by atoms with Gasteiger partial charge in [0.25, 0.3) is 5.91 Å². The monoisotopic (exact) mass is 557 g/mol. The Morgan fingerprint density at radius 1 is 0.923 bits per heavy atom. The average molecular weight is 558 g/mol. The maximum Gasteiger partial charge on any atom is 0.336 e. The maximum absolute atomic E-state index is 13.3. The van der Waals surface area contributed by atoms with Crippen LogP contribution in [0.4, 0.5) is 0 Å². The number of imidazole rings is 1. The number of nitrogens with zero attached hydrogens (tertiary/aromatic N) is 1. The van der Waals surface area contributed by atoms with Crippen LogP contribution in [-0.4, -0.2) is 27.0 Å². The number of nitrogens with one attached hydrogen (secondary N) is 2. The molecule has 39 heavy (non-hydrogen) atoms.